The zero-order chi connectivity index (χ0) is 53.6. The molecule has 0 fully saturated rings. The van der Waals surface area contributed by atoms with Crippen LogP contribution in [0.2, 0.25) is 0 Å². The Kier molecular flexibility index (Phi) is 57.9. The maximum absolute atomic E-state index is 12.9. The van der Waals surface area contributed by atoms with Crippen molar-refractivity contribution < 1.29 is 28.6 Å². The Morgan fingerprint density at radius 2 is 0.527 bits per heavy atom. The molecular formula is C68H112O6. The second kappa shape index (κ2) is 61.4. The molecule has 0 bridgehead atoms. The minimum absolute atomic E-state index is 0.101. The number of allylic oxidation sites excluding steroid dienone is 20. The standard InChI is InChI=1S/C68H112O6/c1-4-7-10-13-16-19-22-25-28-31-33-34-36-37-40-43-46-49-52-55-58-61-67(70)73-64-65(63-72-66(69)60-57-54-51-48-45-42-39-30-27-24-21-18-15-12-9-6-3)74-68(71)62-59-56-53-50-47-44-41-38-35-32-29-26-23-20-17-14-11-8-5-2/h7-8,10-11,16-17,19-20,25-26,28-30,33-35,38-39,44,47,65H,4-6,9,12-15,18,21-24,27,31-32,36-37,40-43,45-46,48-64H2,1-3H3/b10-7-,11-8-,19-16-,20-17-,28-25-,29-26-,34-33-,38-35-,39-30-,47-44-. The van der Waals surface area contributed by atoms with Crippen molar-refractivity contribution in [2.75, 3.05) is 13.2 Å². The number of esters is 3. The molecule has 0 N–H and O–H groups in total. The minimum atomic E-state index is -0.807. The third-order valence-electron chi connectivity index (χ3n) is 12.7. The van der Waals surface area contributed by atoms with Crippen LogP contribution >= 0.6 is 0 Å². The predicted octanol–water partition coefficient (Wildman–Crippen LogP) is 20.8. The maximum Gasteiger partial charge on any atom is 0.306 e. The molecule has 0 aliphatic heterocycles. The van der Waals surface area contributed by atoms with Gasteiger partial charge in [0.15, 0.2) is 6.10 Å². The number of carbonyl (C=O) groups is 3. The summed E-state index contributed by atoms with van der Waals surface area (Å²) >= 11 is 0. The van der Waals surface area contributed by atoms with Crippen LogP contribution in [-0.4, -0.2) is 37.2 Å². The summed E-state index contributed by atoms with van der Waals surface area (Å²) in [7, 11) is 0. The molecule has 0 radical (unpaired) electrons. The van der Waals surface area contributed by atoms with Gasteiger partial charge in [-0.3, -0.25) is 14.4 Å². The van der Waals surface area contributed by atoms with Crippen molar-refractivity contribution in [3.8, 4) is 0 Å². The van der Waals surface area contributed by atoms with Crippen LogP contribution in [0.4, 0.5) is 0 Å². The van der Waals surface area contributed by atoms with E-state index in [9.17, 15) is 14.4 Å². The van der Waals surface area contributed by atoms with E-state index in [2.05, 4.69) is 142 Å². The fourth-order valence-electron chi connectivity index (χ4n) is 8.16. The molecular weight excluding hydrogens is 913 g/mol. The van der Waals surface area contributed by atoms with Crippen LogP contribution in [-0.2, 0) is 28.6 Å². The smallest absolute Gasteiger partial charge is 0.306 e. The third kappa shape index (κ3) is 58.7. The van der Waals surface area contributed by atoms with E-state index in [1.807, 2.05) is 0 Å². The normalized spacial score (nSPS) is 13.0. The van der Waals surface area contributed by atoms with Crippen LogP contribution in [0.1, 0.15) is 271 Å². The first-order valence-electron chi connectivity index (χ1n) is 30.5. The second-order valence-corrected chi connectivity index (χ2v) is 19.8. The lowest BCUT2D eigenvalue weighted by molar-refractivity contribution is -0.167. The summed E-state index contributed by atoms with van der Waals surface area (Å²) in [5, 5.41) is 0. The van der Waals surface area contributed by atoms with E-state index in [-0.39, 0.29) is 37.5 Å². The molecule has 0 spiro atoms. The Bertz CT molecular complexity index is 1550. The van der Waals surface area contributed by atoms with Gasteiger partial charge in [0.25, 0.3) is 0 Å². The van der Waals surface area contributed by atoms with Crippen LogP contribution in [0.25, 0.3) is 0 Å². The van der Waals surface area contributed by atoms with Gasteiger partial charge >= 0.3 is 17.9 Å². The van der Waals surface area contributed by atoms with Gasteiger partial charge in [-0.05, 0) is 128 Å². The Morgan fingerprint density at radius 1 is 0.284 bits per heavy atom. The molecule has 74 heavy (non-hydrogen) atoms. The molecule has 0 aromatic rings. The molecule has 1 atom stereocenters. The summed E-state index contributed by atoms with van der Waals surface area (Å²) in [6.07, 6.45) is 84.7. The van der Waals surface area contributed by atoms with E-state index in [4.69, 9.17) is 14.2 Å². The highest BCUT2D eigenvalue weighted by Crippen LogP contribution is 2.14. The van der Waals surface area contributed by atoms with Crippen molar-refractivity contribution in [2.45, 2.75) is 277 Å². The second-order valence-electron chi connectivity index (χ2n) is 19.8. The molecule has 0 aliphatic carbocycles. The van der Waals surface area contributed by atoms with Gasteiger partial charge < -0.3 is 14.2 Å². The highest BCUT2D eigenvalue weighted by Gasteiger charge is 2.19. The molecule has 0 saturated carbocycles. The first-order chi connectivity index (χ1) is 36.5. The minimum Gasteiger partial charge on any atom is -0.462 e. The van der Waals surface area contributed by atoms with Crippen LogP contribution < -0.4 is 0 Å². The topological polar surface area (TPSA) is 78.9 Å². The van der Waals surface area contributed by atoms with Gasteiger partial charge in [0, 0.05) is 19.3 Å². The van der Waals surface area contributed by atoms with Crippen LogP contribution in [0.3, 0.4) is 0 Å². The van der Waals surface area contributed by atoms with Gasteiger partial charge in [0.05, 0.1) is 0 Å². The van der Waals surface area contributed by atoms with Gasteiger partial charge in [0.2, 0.25) is 0 Å². The Labute approximate surface area is 456 Å². The van der Waals surface area contributed by atoms with Crippen molar-refractivity contribution >= 4 is 17.9 Å². The molecule has 0 aliphatic rings. The summed E-state index contributed by atoms with van der Waals surface area (Å²) in [6.45, 7) is 6.38. The quantitative estimate of drug-likeness (QED) is 0.0261. The third-order valence-corrected chi connectivity index (χ3v) is 12.7. The van der Waals surface area contributed by atoms with E-state index in [1.54, 1.807) is 0 Å². The van der Waals surface area contributed by atoms with Crippen molar-refractivity contribution in [3.63, 3.8) is 0 Å². The fraction of sp³-hybridized carbons (Fsp3) is 0.662. The first-order valence-corrected chi connectivity index (χ1v) is 30.5. The summed E-state index contributed by atoms with van der Waals surface area (Å²) < 4.78 is 16.9. The average molecular weight is 1030 g/mol. The summed E-state index contributed by atoms with van der Waals surface area (Å²) in [4.78, 5) is 38.3. The molecule has 0 rings (SSSR count). The van der Waals surface area contributed by atoms with Crippen LogP contribution in [0.15, 0.2) is 122 Å². The number of hydrogen-bond acceptors (Lipinski definition) is 6. The molecule has 0 heterocycles. The molecule has 1 unspecified atom stereocenters. The van der Waals surface area contributed by atoms with Crippen molar-refractivity contribution in [1.29, 1.82) is 0 Å². The number of hydrogen-bond donors (Lipinski definition) is 0. The Hall–Kier alpha value is -4.19. The van der Waals surface area contributed by atoms with E-state index >= 15 is 0 Å². The van der Waals surface area contributed by atoms with Crippen molar-refractivity contribution in [3.05, 3.63) is 122 Å². The van der Waals surface area contributed by atoms with Crippen LogP contribution in [0.5, 0.6) is 0 Å². The van der Waals surface area contributed by atoms with E-state index in [0.717, 1.165) is 141 Å². The number of carbonyl (C=O) groups excluding carboxylic acids is 3. The number of ether oxygens (including phenoxy) is 3. The molecule has 6 nitrogen and oxygen atoms in total. The Morgan fingerprint density at radius 3 is 0.851 bits per heavy atom. The molecule has 0 saturated heterocycles. The number of unbranched alkanes of at least 4 members (excludes halogenated alkanes) is 23. The lowest BCUT2D eigenvalue weighted by Gasteiger charge is -2.18. The lowest BCUT2D eigenvalue weighted by atomic mass is 10.1. The van der Waals surface area contributed by atoms with Gasteiger partial charge in [0.1, 0.15) is 13.2 Å². The molecule has 6 heteroatoms. The lowest BCUT2D eigenvalue weighted by Crippen LogP contribution is -2.30. The summed E-state index contributed by atoms with van der Waals surface area (Å²) in [5.74, 6) is -0.946. The highest BCUT2D eigenvalue weighted by atomic mass is 16.6. The highest BCUT2D eigenvalue weighted by molar-refractivity contribution is 5.71. The molecule has 420 valence electrons. The molecule has 0 amide bonds. The fourth-order valence-corrected chi connectivity index (χ4v) is 8.16. The monoisotopic (exact) mass is 1020 g/mol. The largest absolute Gasteiger partial charge is 0.462 e. The average Bonchev–Trinajstić information content (AvgIpc) is 3.40. The van der Waals surface area contributed by atoms with Crippen molar-refractivity contribution in [2.24, 2.45) is 0 Å². The van der Waals surface area contributed by atoms with E-state index in [1.165, 1.54) is 89.9 Å². The van der Waals surface area contributed by atoms with E-state index in [0.29, 0.717) is 12.8 Å². The number of rotatable bonds is 54. The van der Waals surface area contributed by atoms with Gasteiger partial charge in [-0.25, -0.2) is 0 Å². The van der Waals surface area contributed by atoms with Crippen molar-refractivity contribution in [1.82, 2.24) is 0 Å². The van der Waals surface area contributed by atoms with Gasteiger partial charge in [-0.15, -0.1) is 0 Å². The zero-order valence-electron chi connectivity index (χ0n) is 48.1. The summed E-state index contributed by atoms with van der Waals surface area (Å²) in [5.41, 5.74) is 0. The molecule has 0 aromatic heterocycles. The summed E-state index contributed by atoms with van der Waals surface area (Å²) in [6, 6.07) is 0. The predicted molar refractivity (Wildman–Crippen MR) is 320 cm³/mol. The SMILES string of the molecule is CC/C=C\C/C=C\C/C=C\C/C=C\C/C=C\CCCCCC(=O)OC(COC(=O)CCCCCCC/C=C\CCCCCCCCC)COC(=O)CCCCCCCCCC/C=C\C/C=C\C/C=C\C/C=C\CC. The maximum atomic E-state index is 12.9. The van der Waals surface area contributed by atoms with Gasteiger partial charge in [-0.1, -0.05) is 245 Å². The first kappa shape index (κ1) is 69.8. The Balaban J connectivity index is 4.48. The van der Waals surface area contributed by atoms with Crippen LogP contribution in [0, 0.1) is 0 Å². The van der Waals surface area contributed by atoms with Gasteiger partial charge in [-0.2, -0.15) is 0 Å². The van der Waals surface area contributed by atoms with E-state index < -0.39 is 6.10 Å². The zero-order valence-corrected chi connectivity index (χ0v) is 48.1. The molecule has 0 aromatic carbocycles.